The van der Waals surface area contributed by atoms with Gasteiger partial charge >= 0.3 is 0 Å². The van der Waals surface area contributed by atoms with Crippen molar-refractivity contribution >= 4 is 11.8 Å². The first-order valence-corrected chi connectivity index (χ1v) is 7.88. The number of hydrogen-bond donors (Lipinski definition) is 1. The summed E-state index contributed by atoms with van der Waals surface area (Å²) in [6.07, 6.45) is 4.88. The van der Waals surface area contributed by atoms with Crippen LogP contribution in [0.15, 0.2) is 24.5 Å². The summed E-state index contributed by atoms with van der Waals surface area (Å²) < 4.78 is 0. The Morgan fingerprint density at radius 3 is 2.61 bits per heavy atom. The minimum atomic E-state index is 0.488. The van der Waals surface area contributed by atoms with Crippen LogP contribution in [0.2, 0.25) is 0 Å². The van der Waals surface area contributed by atoms with Gasteiger partial charge in [0.2, 0.25) is 0 Å². The fourth-order valence-electron chi connectivity index (χ4n) is 2.04. The monoisotopic (exact) mass is 267 g/mol. The third-order valence-corrected chi connectivity index (χ3v) is 4.06. The molecule has 1 rings (SSSR count). The molecule has 1 atom stereocenters. The minimum Gasteiger partial charge on any atom is -0.329 e. The fraction of sp³-hybridized carbons (Fsp3) is 0.643. The number of thioether (sulfide) groups is 1. The lowest BCUT2D eigenvalue weighted by molar-refractivity contribution is 0.197. The smallest absolute Gasteiger partial charge is 0.0271 e. The highest BCUT2D eigenvalue weighted by Gasteiger charge is 2.15. The lowest BCUT2D eigenvalue weighted by Gasteiger charge is -2.29. The van der Waals surface area contributed by atoms with Crippen LogP contribution in [-0.2, 0) is 6.54 Å². The number of hydrogen-bond acceptors (Lipinski definition) is 4. The van der Waals surface area contributed by atoms with Gasteiger partial charge in [-0.15, -0.1) is 0 Å². The second-order valence-electron chi connectivity index (χ2n) is 4.29. The summed E-state index contributed by atoms with van der Waals surface area (Å²) >= 11 is 1.99. The van der Waals surface area contributed by atoms with Crippen molar-refractivity contribution in [2.45, 2.75) is 32.9 Å². The van der Waals surface area contributed by atoms with E-state index >= 15 is 0 Å². The molecule has 0 spiro atoms. The van der Waals surface area contributed by atoms with Crippen molar-refractivity contribution in [3.05, 3.63) is 30.1 Å². The molecular weight excluding hydrogens is 242 g/mol. The van der Waals surface area contributed by atoms with Gasteiger partial charge in [0.15, 0.2) is 0 Å². The van der Waals surface area contributed by atoms with E-state index in [1.54, 1.807) is 0 Å². The van der Waals surface area contributed by atoms with Crippen LogP contribution >= 0.6 is 11.8 Å². The first-order valence-electron chi connectivity index (χ1n) is 6.72. The van der Waals surface area contributed by atoms with Gasteiger partial charge in [0.1, 0.15) is 0 Å². The molecule has 0 saturated heterocycles. The average molecular weight is 267 g/mol. The van der Waals surface area contributed by atoms with Gasteiger partial charge in [-0.25, -0.2) is 0 Å². The molecule has 1 aromatic rings. The molecule has 0 saturated carbocycles. The van der Waals surface area contributed by atoms with Gasteiger partial charge in [0, 0.05) is 31.5 Å². The SMILES string of the molecule is CCSCCC(CN)N(CC)Cc1ccncc1. The second-order valence-corrected chi connectivity index (χ2v) is 5.69. The van der Waals surface area contributed by atoms with Crippen molar-refractivity contribution in [3.8, 4) is 0 Å². The standard InChI is InChI=1S/C14H25N3S/c1-3-17(12-13-5-8-16-9-6-13)14(11-15)7-10-18-4-2/h5-6,8-9,14H,3-4,7,10-12,15H2,1-2H3. The van der Waals surface area contributed by atoms with Crippen LogP contribution in [0.1, 0.15) is 25.8 Å². The Balaban J connectivity index is 2.51. The van der Waals surface area contributed by atoms with E-state index in [0.717, 1.165) is 19.6 Å². The van der Waals surface area contributed by atoms with Crippen LogP contribution in [0, 0.1) is 0 Å². The predicted molar refractivity (Wildman–Crippen MR) is 80.8 cm³/mol. The van der Waals surface area contributed by atoms with E-state index in [0.29, 0.717) is 6.04 Å². The van der Waals surface area contributed by atoms with Gasteiger partial charge in [-0.2, -0.15) is 11.8 Å². The maximum atomic E-state index is 5.92. The van der Waals surface area contributed by atoms with E-state index in [1.807, 2.05) is 24.2 Å². The maximum Gasteiger partial charge on any atom is 0.0271 e. The van der Waals surface area contributed by atoms with Crippen molar-refractivity contribution in [2.24, 2.45) is 5.73 Å². The molecule has 3 nitrogen and oxygen atoms in total. The predicted octanol–water partition coefficient (Wildman–Crippen LogP) is 2.37. The van der Waals surface area contributed by atoms with Crippen LogP contribution in [0.25, 0.3) is 0 Å². The van der Waals surface area contributed by atoms with E-state index < -0.39 is 0 Å². The van der Waals surface area contributed by atoms with E-state index in [1.165, 1.54) is 23.5 Å². The molecule has 0 aliphatic rings. The topological polar surface area (TPSA) is 42.1 Å². The van der Waals surface area contributed by atoms with Gasteiger partial charge in [0.05, 0.1) is 0 Å². The number of nitrogens with two attached hydrogens (primary N) is 1. The second kappa shape index (κ2) is 9.36. The minimum absolute atomic E-state index is 0.488. The largest absolute Gasteiger partial charge is 0.329 e. The molecule has 4 heteroatoms. The number of rotatable bonds is 9. The Bertz CT molecular complexity index is 305. The lowest BCUT2D eigenvalue weighted by Crippen LogP contribution is -2.40. The summed E-state index contributed by atoms with van der Waals surface area (Å²) in [5, 5.41) is 0. The Kier molecular flexibility index (Phi) is 8.05. The molecule has 102 valence electrons. The molecule has 1 aromatic heterocycles. The first-order chi connectivity index (χ1) is 8.81. The zero-order valence-electron chi connectivity index (χ0n) is 11.5. The van der Waals surface area contributed by atoms with Crippen molar-refractivity contribution in [1.29, 1.82) is 0 Å². The van der Waals surface area contributed by atoms with Crippen molar-refractivity contribution in [1.82, 2.24) is 9.88 Å². The third-order valence-electron chi connectivity index (χ3n) is 3.13. The highest BCUT2D eigenvalue weighted by atomic mass is 32.2. The molecule has 2 N–H and O–H groups in total. The van der Waals surface area contributed by atoms with Crippen LogP contribution < -0.4 is 5.73 Å². The van der Waals surface area contributed by atoms with E-state index in [2.05, 4.69) is 35.9 Å². The molecule has 0 amide bonds. The first kappa shape index (κ1) is 15.5. The van der Waals surface area contributed by atoms with Crippen LogP contribution in [0.5, 0.6) is 0 Å². The number of aromatic nitrogens is 1. The highest BCUT2D eigenvalue weighted by Crippen LogP contribution is 2.12. The van der Waals surface area contributed by atoms with Gasteiger partial charge in [-0.1, -0.05) is 13.8 Å². The van der Waals surface area contributed by atoms with Gasteiger partial charge in [-0.05, 0) is 42.2 Å². The zero-order chi connectivity index (χ0) is 13.2. The molecule has 0 aliphatic carbocycles. The summed E-state index contributed by atoms with van der Waals surface area (Å²) in [5.74, 6) is 2.39. The summed E-state index contributed by atoms with van der Waals surface area (Å²) in [4.78, 5) is 6.52. The number of nitrogens with zero attached hydrogens (tertiary/aromatic N) is 2. The number of pyridine rings is 1. The van der Waals surface area contributed by atoms with Gasteiger partial charge < -0.3 is 5.73 Å². The highest BCUT2D eigenvalue weighted by molar-refractivity contribution is 7.99. The molecule has 1 heterocycles. The lowest BCUT2D eigenvalue weighted by atomic mass is 10.1. The Labute approximate surface area is 115 Å². The molecule has 0 bridgehead atoms. The Morgan fingerprint density at radius 1 is 1.33 bits per heavy atom. The molecule has 0 radical (unpaired) electrons. The van der Waals surface area contributed by atoms with Crippen molar-refractivity contribution < 1.29 is 0 Å². The maximum absolute atomic E-state index is 5.92. The quantitative estimate of drug-likeness (QED) is 0.698. The van der Waals surface area contributed by atoms with Crippen LogP contribution in [0.3, 0.4) is 0 Å². The summed E-state index contributed by atoms with van der Waals surface area (Å²) in [5.41, 5.74) is 7.24. The van der Waals surface area contributed by atoms with Crippen LogP contribution in [-0.4, -0.2) is 40.5 Å². The van der Waals surface area contributed by atoms with Crippen molar-refractivity contribution in [2.75, 3.05) is 24.6 Å². The van der Waals surface area contributed by atoms with E-state index in [4.69, 9.17) is 5.73 Å². The van der Waals surface area contributed by atoms with E-state index in [-0.39, 0.29) is 0 Å². The van der Waals surface area contributed by atoms with Crippen molar-refractivity contribution in [3.63, 3.8) is 0 Å². The van der Waals surface area contributed by atoms with Gasteiger partial charge in [0.25, 0.3) is 0 Å². The zero-order valence-corrected chi connectivity index (χ0v) is 12.3. The summed E-state index contributed by atoms with van der Waals surface area (Å²) in [7, 11) is 0. The normalized spacial score (nSPS) is 12.9. The summed E-state index contributed by atoms with van der Waals surface area (Å²) in [6, 6.07) is 4.65. The molecular formula is C14H25N3S. The summed E-state index contributed by atoms with van der Waals surface area (Å²) in [6.45, 7) is 7.16. The molecule has 18 heavy (non-hydrogen) atoms. The van der Waals surface area contributed by atoms with Gasteiger partial charge in [-0.3, -0.25) is 9.88 Å². The fourth-order valence-corrected chi connectivity index (χ4v) is 2.76. The average Bonchev–Trinajstić information content (AvgIpc) is 2.43. The molecule has 0 aliphatic heterocycles. The molecule has 0 aromatic carbocycles. The molecule has 0 fully saturated rings. The third kappa shape index (κ3) is 5.38. The van der Waals surface area contributed by atoms with Crippen LogP contribution in [0.4, 0.5) is 0 Å². The van der Waals surface area contributed by atoms with E-state index in [9.17, 15) is 0 Å². The Hall–Kier alpha value is -0.580. The Morgan fingerprint density at radius 2 is 2.06 bits per heavy atom. The number of likely N-dealkylation sites (N-methyl/N-ethyl adjacent to an activating group) is 1. The molecule has 1 unspecified atom stereocenters.